The first kappa shape index (κ1) is 13.4. The quantitative estimate of drug-likeness (QED) is 0.352. The van der Waals surface area contributed by atoms with Crippen molar-refractivity contribution in [3.8, 4) is 0 Å². The predicted octanol–water partition coefficient (Wildman–Crippen LogP) is 1.42. The third-order valence-corrected chi connectivity index (χ3v) is 1.78. The van der Waals surface area contributed by atoms with Crippen molar-refractivity contribution < 1.29 is 4.74 Å². The molecule has 0 amide bonds. The van der Waals surface area contributed by atoms with Crippen LogP contribution < -0.4 is 11.1 Å². The molecule has 0 spiro atoms. The van der Waals surface area contributed by atoms with Crippen LogP contribution in [0.25, 0.3) is 0 Å². The molecule has 0 aromatic heterocycles. The summed E-state index contributed by atoms with van der Waals surface area (Å²) in [6.07, 6.45) is 7.12. The van der Waals surface area contributed by atoms with Crippen LogP contribution in [0.1, 0.15) is 20.3 Å². The summed E-state index contributed by atoms with van der Waals surface area (Å²) < 4.78 is 5.41. The van der Waals surface area contributed by atoms with Crippen LogP contribution in [0, 0.1) is 0 Å². The Balaban J connectivity index is 3.34. The number of hydrogen-bond acceptors (Lipinski definition) is 3. The van der Waals surface area contributed by atoms with Gasteiger partial charge in [0.1, 0.15) is 0 Å². The molecule has 0 radical (unpaired) electrons. The first-order valence-corrected chi connectivity index (χ1v) is 5.11. The highest BCUT2D eigenvalue weighted by Crippen LogP contribution is 1.96. The highest BCUT2D eigenvalue weighted by Gasteiger charge is 1.90. The van der Waals surface area contributed by atoms with E-state index in [1.807, 2.05) is 19.9 Å². The second kappa shape index (κ2) is 10.4. The molecule has 0 heterocycles. The van der Waals surface area contributed by atoms with Gasteiger partial charge in [-0.3, -0.25) is 5.32 Å². The summed E-state index contributed by atoms with van der Waals surface area (Å²) in [6, 6.07) is 0. The zero-order valence-corrected chi connectivity index (χ0v) is 9.25. The fourth-order valence-corrected chi connectivity index (χ4v) is 0.982. The molecule has 0 aliphatic rings. The van der Waals surface area contributed by atoms with Gasteiger partial charge in [-0.15, -0.1) is 0 Å². The SMILES string of the molecule is C/C=C\C(=C/C)COCNCCCN. The van der Waals surface area contributed by atoms with Gasteiger partial charge in [-0.25, -0.2) is 0 Å². The molecule has 0 aliphatic heterocycles. The maximum atomic E-state index is 5.41. The smallest absolute Gasteiger partial charge is 0.0969 e. The summed E-state index contributed by atoms with van der Waals surface area (Å²) in [5.74, 6) is 0. The summed E-state index contributed by atoms with van der Waals surface area (Å²) in [5.41, 5.74) is 6.56. The van der Waals surface area contributed by atoms with E-state index in [0.717, 1.165) is 19.5 Å². The van der Waals surface area contributed by atoms with Gasteiger partial charge in [0, 0.05) is 0 Å². The Hall–Kier alpha value is -0.640. The van der Waals surface area contributed by atoms with Crippen molar-refractivity contribution in [1.82, 2.24) is 5.32 Å². The molecule has 0 aromatic carbocycles. The van der Waals surface area contributed by atoms with Crippen molar-refractivity contribution in [3.63, 3.8) is 0 Å². The monoisotopic (exact) mass is 198 g/mol. The summed E-state index contributed by atoms with van der Waals surface area (Å²) >= 11 is 0. The fraction of sp³-hybridized carbons (Fsp3) is 0.636. The van der Waals surface area contributed by atoms with Gasteiger partial charge in [-0.1, -0.05) is 18.2 Å². The lowest BCUT2D eigenvalue weighted by Crippen LogP contribution is -2.21. The van der Waals surface area contributed by atoms with Gasteiger partial charge in [0.15, 0.2) is 0 Å². The van der Waals surface area contributed by atoms with Crippen LogP contribution in [0.2, 0.25) is 0 Å². The molecule has 0 aliphatic carbocycles. The maximum Gasteiger partial charge on any atom is 0.0969 e. The standard InChI is InChI=1S/C11H22N2O/c1-3-6-11(4-2)9-14-10-13-8-5-7-12/h3-4,6,13H,5,7-10,12H2,1-2H3/b6-3-,11-4+. The molecule has 0 atom stereocenters. The Bertz CT molecular complexity index is 176. The number of rotatable bonds is 8. The summed E-state index contributed by atoms with van der Waals surface area (Å²) in [5, 5.41) is 3.15. The molecule has 3 nitrogen and oxygen atoms in total. The van der Waals surface area contributed by atoms with E-state index in [4.69, 9.17) is 10.5 Å². The van der Waals surface area contributed by atoms with Crippen molar-refractivity contribution >= 4 is 0 Å². The van der Waals surface area contributed by atoms with Gasteiger partial charge in [-0.05, 0) is 38.9 Å². The van der Waals surface area contributed by atoms with E-state index < -0.39 is 0 Å². The van der Waals surface area contributed by atoms with Crippen LogP contribution in [0.3, 0.4) is 0 Å². The number of ether oxygens (including phenoxy) is 1. The van der Waals surface area contributed by atoms with Gasteiger partial charge >= 0.3 is 0 Å². The van der Waals surface area contributed by atoms with Gasteiger partial charge in [0.05, 0.1) is 13.3 Å². The van der Waals surface area contributed by atoms with Crippen LogP contribution in [0.5, 0.6) is 0 Å². The van der Waals surface area contributed by atoms with Gasteiger partial charge in [-0.2, -0.15) is 0 Å². The molecule has 14 heavy (non-hydrogen) atoms. The third-order valence-electron chi connectivity index (χ3n) is 1.78. The zero-order valence-electron chi connectivity index (χ0n) is 9.25. The highest BCUT2D eigenvalue weighted by molar-refractivity contribution is 5.17. The van der Waals surface area contributed by atoms with E-state index in [0.29, 0.717) is 13.3 Å². The first-order chi connectivity index (χ1) is 6.85. The van der Waals surface area contributed by atoms with E-state index in [1.165, 1.54) is 5.57 Å². The molecular formula is C11H22N2O. The van der Waals surface area contributed by atoms with Crippen LogP contribution in [0.15, 0.2) is 23.8 Å². The van der Waals surface area contributed by atoms with Gasteiger partial charge in [0.2, 0.25) is 0 Å². The lowest BCUT2D eigenvalue weighted by Gasteiger charge is -2.06. The highest BCUT2D eigenvalue weighted by atomic mass is 16.5. The van der Waals surface area contributed by atoms with E-state index >= 15 is 0 Å². The number of hydrogen-bond donors (Lipinski definition) is 2. The van der Waals surface area contributed by atoms with Crippen molar-refractivity contribution in [2.45, 2.75) is 20.3 Å². The molecule has 0 saturated heterocycles. The van der Waals surface area contributed by atoms with Gasteiger partial charge in [0.25, 0.3) is 0 Å². The van der Waals surface area contributed by atoms with Crippen LogP contribution in [0.4, 0.5) is 0 Å². The topological polar surface area (TPSA) is 47.3 Å². The Kier molecular flexibility index (Phi) is 9.96. The van der Waals surface area contributed by atoms with E-state index in [9.17, 15) is 0 Å². The number of nitrogens with two attached hydrogens (primary N) is 1. The second-order valence-corrected chi connectivity index (χ2v) is 3.00. The average molecular weight is 198 g/mol. The average Bonchev–Trinajstić information content (AvgIpc) is 2.21. The van der Waals surface area contributed by atoms with E-state index in [2.05, 4.69) is 17.5 Å². The molecule has 0 saturated carbocycles. The minimum absolute atomic E-state index is 0.592. The normalized spacial score (nSPS) is 12.6. The Labute approximate surface area is 87.0 Å². The lowest BCUT2D eigenvalue weighted by molar-refractivity contribution is 0.138. The lowest BCUT2D eigenvalue weighted by atomic mass is 10.2. The van der Waals surface area contributed by atoms with Crippen molar-refractivity contribution in [2.24, 2.45) is 5.73 Å². The molecule has 82 valence electrons. The molecule has 3 heteroatoms. The zero-order chi connectivity index (χ0) is 10.6. The third kappa shape index (κ3) is 7.98. The molecule has 0 unspecified atom stereocenters. The van der Waals surface area contributed by atoms with Crippen LogP contribution in [-0.2, 0) is 4.74 Å². The molecule has 0 fully saturated rings. The number of nitrogens with one attached hydrogen (secondary N) is 1. The van der Waals surface area contributed by atoms with E-state index in [1.54, 1.807) is 0 Å². The second-order valence-electron chi connectivity index (χ2n) is 3.00. The Morgan fingerprint density at radius 3 is 2.79 bits per heavy atom. The number of allylic oxidation sites excluding steroid dienone is 2. The van der Waals surface area contributed by atoms with Gasteiger partial charge < -0.3 is 10.5 Å². The van der Waals surface area contributed by atoms with E-state index in [-0.39, 0.29) is 0 Å². The Morgan fingerprint density at radius 2 is 2.21 bits per heavy atom. The van der Waals surface area contributed by atoms with Crippen LogP contribution >= 0.6 is 0 Å². The largest absolute Gasteiger partial charge is 0.362 e. The first-order valence-electron chi connectivity index (χ1n) is 5.11. The molecule has 0 rings (SSSR count). The summed E-state index contributed by atoms with van der Waals surface area (Å²) in [4.78, 5) is 0. The minimum Gasteiger partial charge on any atom is -0.362 e. The summed E-state index contributed by atoms with van der Waals surface area (Å²) in [6.45, 7) is 6.92. The van der Waals surface area contributed by atoms with Crippen molar-refractivity contribution in [3.05, 3.63) is 23.8 Å². The minimum atomic E-state index is 0.592. The predicted molar refractivity (Wildman–Crippen MR) is 61.1 cm³/mol. The molecule has 0 aromatic rings. The molecular weight excluding hydrogens is 176 g/mol. The fourth-order valence-electron chi connectivity index (χ4n) is 0.982. The molecule has 3 N–H and O–H groups in total. The van der Waals surface area contributed by atoms with Crippen molar-refractivity contribution in [1.29, 1.82) is 0 Å². The van der Waals surface area contributed by atoms with Crippen molar-refractivity contribution in [2.75, 3.05) is 26.4 Å². The maximum absolute atomic E-state index is 5.41. The summed E-state index contributed by atoms with van der Waals surface area (Å²) in [7, 11) is 0. The molecule has 0 bridgehead atoms. The van der Waals surface area contributed by atoms with Crippen LogP contribution in [-0.4, -0.2) is 26.4 Å². The Morgan fingerprint density at radius 1 is 1.43 bits per heavy atom.